The van der Waals surface area contributed by atoms with Gasteiger partial charge in [0.05, 0.1) is 7.11 Å². The number of carbonyl (C=O) groups excluding carboxylic acids is 1. The summed E-state index contributed by atoms with van der Waals surface area (Å²) in [6.07, 6.45) is 3.26. The molecule has 0 heterocycles. The van der Waals surface area contributed by atoms with Gasteiger partial charge in [0.15, 0.2) is 0 Å². The van der Waals surface area contributed by atoms with Gasteiger partial charge in [-0.25, -0.2) is 0 Å². The molecule has 2 rings (SSSR count). The molecule has 1 amide bonds. The van der Waals surface area contributed by atoms with Crippen molar-refractivity contribution < 1.29 is 9.53 Å². The molecular weight excluding hydrogens is 365 g/mol. The number of halogens is 1. The average molecular weight is 379 g/mol. The van der Waals surface area contributed by atoms with Crippen LogP contribution in [0, 0.1) is 3.57 Å². The van der Waals surface area contributed by atoms with E-state index in [2.05, 4.69) is 27.9 Å². The van der Waals surface area contributed by atoms with Crippen LogP contribution in [0.2, 0.25) is 0 Å². The van der Waals surface area contributed by atoms with Gasteiger partial charge in [-0.2, -0.15) is 0 Å². The van der Waals surface area contributed by atoms with Gasteiger partial charge in [-0.05, 0) is 64.6 Å². The van der Waals surface area contributed by atoms with Crippen molar-refractivity contribution in [3.05, 3.63) is 63.7 Å². The molecule has 20 heavy (non-hydrogen) atoms. The van der Waals surface area contributed by atoms with Crippen molar-refractivity contribution in [3.63, 3.8) is 0 Å². The summed E-state index contributed by atoms with van der Waals surface area (Å²) in [5, 5.41) is 2.82. The molecule has 102 valence electrons. The Morgan fingerprint density at radius 2 is 2.00 bits per heavy atom. The molecule has 0 fully saturated rings. The van der Waals surface area contributed by atoms with E-state index in [4.69, 9.17) is 4.74 Å². The number of hydrogen-bond donors (Lipinski definition) is 1. The maximum absolute atomic E-state index is 11.8. The zero-order valence-corrected chi connectivity index (χ0v) is 13.1. The molecule has 3 nitrogen and oxygen atoms in total. The second kappa shape index (κ2) is 7.09. The van der Waals surface area contributed by atoms with Crippen LogP contribution >= 0.6 is 22.6 Å². The van der Waals surface area contributed by atoms with E-state index < -0.39 is 0 Å². The maximum atomic E-state index is 11.8. The Bertz CT molecular complexity index is 638. The first-order valence-electron chi connectivity index (χ1n) is 6.06. The van der Waals surface area contributed by atoms with E-state index in [1.165, 1.54) is 6.08 Å². The third-order valence-electron chi connectivity index (χ3n) is 2.61. The molecule has 4 heteroatoms. The number of amides is 1. The molecule has 0 aromatic heterocycles. The van der Waals surface area contributed by atoms with Gasteiger partial charge in [0.2, 0.25) is 5.91 Å². The Kier molecular flexibility index (Phi) is 5.17. The Hall–Kier alpha value is -1.82. The highest BCUT2D eigenvalue weighted by atomic mass is 127. The second-order valence-electron chi connectivity index (χ2n) is 4.11. The van der Waals surface area contributed by atoms with Gasteiger partial charge >= 0.3 is 0 Å². The zero-order chi connectivity index (χ0) is 14.4. The van der Waals surface area contributed by atoms with Crippen LogP contribution in [0.1, 0.15) is 5.56 Å². The fourth-order valence-electron chi connectivity index (χ4n) is 1.67. The lowest BCUT2D eigenvalue weighted by Gasteiger charge is -2.02. The van der Waals surface area contributed by atoms with E-state index in [0.29, 0.717) is 0 Å². The molecule has 0 spiro atoms. The number of nitrogens with one attached hydrogen (secondary N) is 1. The highest BCUT2D eigenvalue weighted by molar-refractivity contribution is 14.1. The average Bonchev–Trinajstić information content (AvgIpc) is 2.45. The molecule has 1 N–H and O–H groups in total. The van der Waals surface area contributed by atoms with Gasteiger partial charge in [-0.3, -0.25) is 4.79 Å². The fourth-order valence-corrected chi connectivity index (χ4v) is 2.21. The predicted octanol–water partition coefficient (Wildman–Crippen LogP) is 3.95. The lowest BCUT2D eigenvalue weighted by molar-refractivity contribution is -0.111. The van der Waals surface area contributed by atoms with E-state index in [1.807, 2.05) is 48.5 Å². The van der Waals surface area contributed by atoms with E-state index >= 15 is 0 Å². The molecule has 0 aliphatic rings. The van der Waals surface area contributed by atoms with Crippen LogP contribution in [0.15, 0.2) is 54.6 Å². The Morgan fingerprint density at radius 3 is 2.75 bits per heavy atom. The molecule has 2 aromatic carbocycles. The molecule has 0 aliphatic heterocycles. The molecule has 0 aliphatic carbocycles. The molecule has 0 bridgehead atoms. The summed E-state index contributed by atoms with van der Waals surface area (Å²) in [7, 11) is 1.62. The van der Waals surface area contributed by atoms with E-state index in [9.17, 15) is 4.79 Å². The maximum Gasteiger partial charge on any atom is 0.248 e. The van der Waals surface area contributed by atoms with Crippen LogP contribution < -0.4 is 10.1 Å². The second-order valence-corrected chi connectivity index (χ2v) is 5.36. The molecule has 0 saturated carbocycles. The quantitative estimate of drug-likeness (QED) is 0.646. The molecule has 0 saturated heterocycles. The fraction of sp³-hybridized carbons (Fsp3) is 0.0625. The normalized spacial score (nSPS) is 10.5. The van der Waals surface area contributed by atoms with Crippen LogP contribution in [0.25, 0.3) is 6.08 Å². The van der Waals surface area contributed by atoms with Crippen molar-refractivity contribution in [1.82, 2.24) is 0 Å². The molecule has 2 aromatic rings. The Balaban J connectivity index is 2.02. The smallest absolute Gasteiger partial charge is 0.248 e. The Labute approximate surface area is 131 Å². The predicted molar refractivity (Wildman–Crippen MR) is 89.8 cm³/mol. The monoisotopic (exact) mass is 379 g/mol. The number of carbonyl (C=O) groups is 1. The SMILES string of the molecule is COc1cccc(/C=C/C(=O)Nc2cccc(I)c2)c1. The summed E-state index contributed by atoms with van der Waals surface area (Å²) in [6.45, 7) is 0. The van der Waals surface area contributed by atoms with Crippen molar-refractivity contribution in [2.24, 2.45) is 0 Å². The zero-order valence-electron chi connectivity index (χ0n) is 11.0. The topological polar surface area (TPSA) is 38.3 Å². The summed E-state index contributed by atoms with van der Waals surface area (Å²) >= 11 is 2.21. The van der Waals surface area contributed by atoms with Crippen LogP contribution in [0.4, 0.5) is 5.69 Å². The van der Waals surface area contributed by atoms with Crippen molar-refractivity contribution in [3.8, 4) is 5.75 Å². The first-order chi connectivity index (χ1) is 9.67. The lowest BCUT2D eigenvalue weighted by atomic mass is 10.2. The lowest BCUT2D eigenvalue weighted by Crippen LogP contribution is -2.07. The van der Waals surface area contributed by atoms with Crippen molar-refractivity contribution in [1.29, 1.82) is 0 Å². The summed E-state index contributed by atoms with van der Waals surface area (Å²) in [6, 6.07) is 15.2. The van der Waals surface area contributed by atoms with Crippen LogP contribution in [0.3, 0.4) is 0 Å². The van der Waals surface area contributed by atoms with E-state index in [1.54, 1.807) is 13.2 Å². The van der Waals surface area contributed by atoms with Crippen LogP contribution in [-0.4, -0.2) is 13.0 Å². The minimum absolute atomic E-state index is 0.158. The summed E-state index contributed by atoms with van der Waals surface area (Å²) < 4.78 is 6.22. The summed E-state index contributed by atoms with van der Waals surface area (Å²) in [5.41, 5.74) is 1.71. The molecule has 0 unspecified atom stereocenters. The van der Waals surface area contributed by atoms with Crippen LogP contribution in [-0.2, 0) is 4.79 Å². The highest BCUT2D eigenvalue weighted by Gasteiger charge is 1.98. The summed E-state index contributed by atoms with van der Waals surface area (Å²) in [5.74, 6) is 0.611. The number of benzene rings is 2. The number of anilines is 1. The minimum atomic E-state index is -0.158. The third-order valence-corrected chi connectivity index (χ3v) is 3.28. The van der Waals surface area contributed by atoms with Crippen molar-refractivity contribution >= 4 is 40.3 Å². The van der Waals surface area contributed by atoms with Gasteiger partial charge in [-0.1, -0.05) is 18.2 Å². The van der Waals surface area contributed by atoms with Gasteiger partial charge in [0, 0.05) is 15.3 Å². The van der Waals surface area contributed by atoms with Gasteiger partial charge in [0.1, 0.15) is 5.75 Å². The molecular formula is C16H14INO2. The van der Waals surface area contributed by atoms with Gasteiger partial charge < -0.3 is 10.1 Å². The largest absolute Gasteiger partial charge is 0.497 e. The van der Waals surface area contributed by atoms with Gasteiger partial charge in [0.25, 0.3) is 0 Å². The third kappa shape index (κ3) is 4.38. The first-order valence-corrected chi connectivity index (χ1v) is 7.14. The van der Waals surface area contributed by atoms with E-state index in [-0.39, 0.29) is 5.91 Å². The molecule has 0 radical (unpaired) electrons. The number of hydrogen-bond acceptors (Lipinski definition) is 2. The van der Waals surface area contributed by atoms with E-state index in [0.717, 1.165) is 20.6 Å². The highest BCUT2D eigenvalue weighted by Crippen LogP contribution is 2.14. The van der Waals surface area contributed by atoms with Crippen molar-refractivity contribution in [2.75, 3.05) is 12.4 Å². The van der Waals surface area contributed by atoms with Gasteiger partial charge in [-0.15, -0.1) is 0 Å². The number of ether oxygens (including phenoxy) is 1. The molecule has 0 atom stereocenters. The number of methoxy groups -OCH3 is 1. The first kappa shape index (κ1) is 14.6. The van der Waals surface area contributed by atoms with Crippen LogP contribution in [0.5, 0.6) is 5.75 Å². The minimum Gasteiger partial charge on any atom is -0.497 e. The van der Waals surface area contributed by atoms with Crippen molar-refractivity contribution in [2.45, 2.75) is 0 Å². The summed E-state index contributed by atoms with van der Waals surface area (Å²) in [4.78, 5) is 11.8. The number of rotatable bonds is 4. The Morgan fingerprint density at radius 1 is 1.20 bits per heavy atom. The standard InChI is InChI=1S/C16H14INO2/c1-20-15-7-2-4-12(10-15)8-9-16(19)18-14-6-3-5-13(17)11-14/h2-11H,1H3,(H,18,19)/b9-8+.